The summed E-state index contributed by atoms with van der Waals surface area (Å²) in [5.41, 5.74) is 5.43. The van der Waals surface area contributed by atoms with Gasteiger partial charge in [0.15, 0.2) is 0 Å². The molecule has 0 bridgehead atoms. The first-order chi connectivity index (χ1) is 13.2. The number of hydrogen-bond acceptors (Lipinski definition) is 8. The predicted octanol–water partition coefficient (Wildman–Crippen LogP) is 1.38. The van der Waals surface area contributed by atoms with Gasteiger partial charge in [-0.25, -0.2) is 5.06 Å². The molecule has 1 aliphatic rings. The van der Waals surface area contributed by atoms with Crippen LogP contribution in [0, 0.1) is 11.3 Å². The molecule has 0 aromatic carbocycles. The molecule has 2 rings (SSSR count). The number of carbonyl (C=O) groups is 2. The van der Waals surface area contributed by atoms with Crippen LogP contribution in [-0.4, -0.2) is 57.7 Å². The van der Waals surface area contributed by atoms with Crippen molar-refractivity contribution in [3.8, 4) is 0 Å². The summed E-state index contributed by atoms with van der Waals surface area (Å²) in [4.78, 5) is 38.4. The van der Waals surface area contributed by atoms with Gasteiger partial charge < -0.3 is 4.90 Å². The average molecular weight is 393 g/mol. The van der Waals surface area contributed by atoms with Gasteiger partial charge in [0.25, 0.3) is 5.91 Å². The SMILES string of the molecule is CCc1nc(NNC(=O)C(C2CCC(C)(C)CC2)N(O)C=O)nc(N(C)C)n1. The van der Waals surface area contributed by atoms with Crippen LogP contribution in [0.25, 0.3) is 0 Å². The minimum absolute atomic E-state index is 0.119. The number of amides is 2. The van der Waals surface area contributed by atoms with Crippen molar-refractivity contribution < 1.29 is 14.8 Å². The van der Waals surface area contributed by atoms with E-state index in [1.165, 1.54) is 0 Å². The van der Waals surface area contributed by atoms with Crippen LogP contribution in [0.4, 0.5) is 11.9 Å². The van der Waals surface area contributed by atoms with Crippen LogP contribution < -0.4 is 15.8 Å². The van der Waals surface area contributed by atoms with Crippen LogP contribution in [0.2, 0.25) is 0 Å². The van der Waals surface area contributed by atoms with Crippen LogP contribution in [0.5, 0.6) is 0 Å². The third kappa shape index (κ3) is 5.51. The van der Waals surface area contributed by atoms with Crippen molar-refractivity contribution in [2.75, 3.05) is 24.4 Å². The minimum atomic E-state index is -0.970. The van der Waals surface area contributed by atoms with Crippen molar-refractivity contribution >= 4 is 24.2 Å². The highest BCUT2D eigenvalue weighted by atomic mass is 16.5. The molecule has 10 nitrogen and oxygen atoms in total. The summed E-state index contributed by atoms with van der Waals surface area (Å²) in [6.07, 6.45) is 4.26. The second kappa shape index (κ2) is 9.13. The van der Waals surface area contributed by atoms with Gasteiger partial charge in [-0.05, 0) is 37.0 Å². The molecule has 1 atom stereocenters. The third-order valence-electron chi connectivity index (χ3n) is 5.18. The topological polar surface area (TPSA) is 124 Å². The highest BCUT2D eigenvalue weighted by Crippen LogP contribution is 2.39. The maximum absolute atomic E-state index is 12.7. The Labute approximate surface area is 165 Å². The van der Waals surface area contributed by atoms with E-state index in [4.69, 9.17) is 0 Å². The lowest BCUT2D eigenvalue weighted by atomic mass is 9.71. The zero-order valence-corrected chi connectivity index (χ0v) is 17.3. The molecule has 1 aromatic rings. The van der Waals surface area contributed by atoms with Crippen molar-refractivity contribution in [3.63, 3.8) is 0 Å². The Balaban J connectivity index is 2.10. The number of hydrogen-bond donors (Lipinski definition) is 3. The molecule has 3 N–H and O–H groups in total. The van der Waals surface area contributed by atoms with E-state index in [0.29, 0.717) is 23.3 Å². The smallest absolute Gasteiger partial charge is 0.264 e. The van der Waals surface area contributed by atoms with Gasteiger partial charge in [-0.3, -0.25) is 25.6 Å². The zero-order valence-electron chi connectivity index (χ0n) is 17.3. The van der Waals surface area contributed by atoms with Gasteiger partial charge in [-0.15, -0.1) is 0 Å². The summed E-state index contributed by atoms with van der Waals surface area (Å²) in [7, 11) is 3.62. The van der Waals surface area contributed by atoms with E-state index in [-0.39, 0.29) is 23.7 Å². The lowest BCUT2D eigenvalue weighted by molar-refractivity contribution is -0.174. The third-order valence-corrected chi connectivity index (χ3v) is 5.18. The van der Waals surface area contributed by atoms with Gasteiger partial charge in [0, 0.05) is 20.5 Å². The first-order valence-electron chi connectivity index (χ1n) is 9.57. The van der Waals surface area contributed by atoms with Crippen LogP contribution in [0.1, 0.15) is 52.3 Å². The highest BCUT2D eigenvalue weighted by Gasteiger charge is 2.38. The largest absolute Gasteiger partial charge is 0.347 e. The highest BCUT2D eigenvalue weighted by molar-refractivity contribution is 5.84. The molecule has 1 aromatic heterocycles. The minimum Gasteiger partial charge on any atom is -0.347 e. The molecule has 1 saturated carbocycles. The zero-order chi connectivity index (χ0) is 20.9. The number of hydroxylamine groups is 2. The lowest BCUT2D eigenvalue weighted by Gasteiger charge is -2.38. The Morgan fingerprint density at radius 2 is 1.93 bits per heavy atom. The summed E-state index contributed by atoms with van der Waals surface area (Å²) in [6, 6.07) is -0.970. The summed E-state index contributed by atoms with van der Waals surface area (Å²) in [5.74, 6) is 0.614. The normalized spacial score (nSPS) is 17.5. The number of carbonyl (C=O) groups excluding carboxylic acids is 2. The van der Waals surface area contributed by atoms with Gasteiger partial charge >= 0.3 is 0 Å². The van der Waals surface area contributed by atoms with Gasteiger partial charge in [-0.2, -0.15) is 15.0 Å². The number of aromatic nitrogens is 3. The van der Waals surface area contributed by atoms with Crippen molar-refractivity contribution in [2.45, 2.75) is 58.9 Å². The molecule has 2 amide bonds. The quantitative estimate of drug-likeness (QED) is 0.344. The number of aryl methyl sites for hydroxylation is 1. The van der Waals surface area contributed by atoms with Crippen LogP contribution >= 0.6 is 0 Å². The standard InChI is InChI=1S/C18H31N7O3/c1-6-13-19-16(21-17(20-13)24(4)5)23-22-15(27)14(25(28)11-26)12-7-9-18(2,3)10-8-12/h11-12,14,28H,6-10H2,1-5H3,(H,22,27)(H,19,20,21,23). The lowest BCUT2D eigenvalue weighted by Crippen LogP contribution is -2.52. The predicted molar refractivity (Wildman–Crippen MR) is 105 cm³/mol. The summed E-state index contributed by atoms with van der Waals surface area (Å²) in [6.45, 7) is 6.29. The van der Waals surface area contributed by atoms with E-state index in [1.54, 1.807) is 4.90 Å². The molecule has 28 heavy (non-hydrogen) atoms. The van der Waals surface area contributed by atoms with Crippen molar-refractivity contribution in [2.24, 2.45) is 11.3 Å². The molecular weight excluding hydrogens is 362 g/mol. The Morgan fingerprint density at radius 3 is 2.46 bits per heavy atom. The summed E-state index contributed by atoms with van der Waals surface area (Å²) < 4.78 is 0. The molecule has 1 heterocycles. The average Bonchev–Trinajstić information content (AvgIpc) is 2.67. The Hall–Kier alpha value is -2.49. The number of rotatable bonds is 8. The van der Waals surface area contributed by atoms with E-state index in [1.807, 2.05) is 21.0 Å². The number of nitrogens with one attached hydrogen (secondary N) is 2. The van der Waals surface area contributed by atoms with Crippen LogP contribution in [0.15, 0.2) is 0 Å². The fourth-order valence-corrected chi connectivity index (χ4v) is 3.37. The van der Waals surface area contributed by atoms with E-state index >= 15 is 0 Å². The first-order valence-corrected chi connectivity index (χ1v) is 9.57. The molecule has 1 fully saturated rings. The summed E-state index contributed by atoms with van der Waals surface area (Å²) in [5, 5.41) is 10.4. The van der Waals surface area contributed by atoms with Gasteiger partial charge in [0.05, 0.1) is 0 Å². The Bertz CT molecular complexity index is 686. The monoisotopic (exact) mass is 393 g/mol. The van der Waals surface area contributed by atoms with E-state index in [2.05, 4.69) is 39.7 Å². The van der Waals surface area contributed by atoms with E-state index < -0.39 is 11.9 Å². The second-order valence-corrected chi connectivity index (χ2v) is 8.17. The number of hydrazine groups is 1. The van der Waals surface area contributed by atoms with Crippen molar-refractivity contribution in [3.05, 3.63) is 5.82 Å². The molecular formula is C18H31N7O3. The van der Waals surface area contributed by atoms with Gasteiger partial charge in [0.2, 0.25) is 18.3 Å². The molecule has 10 heteroatoms. The first kappa shape index (κ1) is 21.8. The molecule has 156 valence electrons. The van der Waals surface area contributed by atoms with Gasteiger partial charge in [0.1, 0.15) is 11.9 Å². The molecule has 0 saturated heterocycles. The van der Waals surface area contributed by atoms with E-state index in [0.717, 1.165) is 25.7 Å². The second-order valence-electron chi connectivity index (χ2n) is 8.17. The van der Waals surface area contributed by atoms with Crippen molar-refractivity contribution in [1.29, 1.82) is 0 Å². The molecule has 1 aliphatic carbocycles. The Morgan fingerprint density at radius 1 is 1.29 bits per heavy atom. The molecule has 0 spiro atoms. The fraction of sp³-hybridized carbons (Fsp3) is 0.722. The van der Waals surface area contributed by atoms with Crippen LogP contribution in [0.3, 0.4) is 0 Å². The van der Waals surface area contributed by atoms with Crippen LogP contribution in [-0.2, 0) is 16.0 Å². The fourth-order valence-electron chi connectivity index (χ4n) is 3.37. The molecule has 1 unspecified atom stereocenters. The van der Waals surface area contributed by atoms with E-state index in [9.17, 15) is 14.8 Å². The van der Waals surface area contributed by atoms with Crippen molar-refractivity contribution in [1.82, 2.24) is 25.4 Å². The Kier molecular flexibility index (Phi) is 7.11. The van der Waals surface area contributed by atoms with Gasteiger partial charge in [-0.1, -0.05) is 20.8 Å². The maximum Gasteiger partial charge on any atom is 0.264 e. The molecule has 0 radical (unpaired) electrons. The maximum atomic E-state index is 12.7. The molecule has 0 aliphatic heterocycles. The number of anilines is 2. The number of nitrogens with zero attached hydrogens (tertiary/aromatic N) is 5. The summed E-state index contributed by atoms with van der Waals surface area (Å²) >= 11 is 0.